The first-order chi connectivity index (χ1) is 12.7. The lowest BCUT2D eigenvalue weighted by Crippen LogP contribution is -2.00. The molecule has 7 heteroatoms. The van der Waals surface area contributed by atoms with Gasteiger partial charge < -0.3 is 10.5 Å². The highest BCUT2D eigenvalue weighted by molar-refractivity contribution is 6.16. The van der Waals surface area contributed by atoms with E-state index in [1.54, 1.807) is 37.8 Å². The minimum absolute atomic E-state index is 0.275. The normalized spacial score (nSPS) is 13.8. The molecule has 4 rings (SSSR count). The number of anilines is 1. The molecule has 0 unspecified atom stereocenters. The highest BCUT2D eigenvalue weighted by Crippen LogP contribution is 2.38. The molecule has 1 aliphatic heterocycles. The molecular weight excluding hydrogens is 333 g/mol. The van der Waals surface area contributed by atoms with Crippen molar-refractivity contribution in [3.05, 3.63) is 71.4 Å². The van der Waals surface area contributed by atoms with Gasteiger partial charge in [-0.2, -0.15) is 5.10 Å². The molecule has 3 N–H and O–H groups in total. The number of nitrogens with two attached hydrogens (primary N) is 1. The number of aliphatic imine (C=N–C) groups is 1. The average Bonchev–Trinajstić information content (AvgIpc) is 3.32. The van der Waals surface area contributed by atoms with Gasteiger partial charge in [0.05, 0.1) is 24.7 Å². The van der Waals surface area contributed by atoms with Gasteiger partial charge in [0.15, 0.2) is 11.6 Å². The average molecular weight is 349 g/mol. The van der Waals surface area contributed by atoms with Crippen molar-refractivity contribution in [2.24, 2.45) is 4.99 Å². The van der Waals surface area contributed by atoms with Crippen LogP contribution in [0.25, 0.3) is 11.3 Å². The smallest absolute Gasteiger partial charge is 0.166 e. The van der Waals surface area contributed by atoms with E-state index in [1.165, 1.54) is 12.1 Å². The Morgan fingerprint density at radius 3 is 2.62 bits per heavy atom. The van der Waals surface area contributed by atoms with E-state index < -0.39 is 0 Å². The molecule has 26 heavy (non-hydrogen) atoms. The van der Waals surface area contributed by atoms with E-state index in [-0.39, 0.29) is 5.82 Å². The van der Waals surface area contributed by atoms with Gasteiger partial charge in [-0.3, -0.25) is 10.1 Å². The van der Waals surface area contributed by atoms with E-state index in [1.807, 2.05) is 6.07 Å². The minimum Gasteiger partial charge on any atom is -0.493 e. The van der Waals surface area contributed by atoms with Crippen molar-refractivity contribution in [3.63, 3.8) is 0 Å². The largest absolute Gasteiger partial charge is 0.493 e. The summed E-state index contributed by atoms with van der Waals surface area (Å²) in [4.78, 5) is 8.99. The number of aromatic amines is 1. The highest BCUT2D eigenvalue weighted by atomic mass is 19.1. The second-order valence-electron chi connectivity index (χ2n) is 5.87. The van der Waals surface area contributed by atoms with Gasteiger partial charge in [-0.05, 0) is 29.3 Å². The fraction of sp³-hybridized carbons (Fsp3) is 0.105. The minimum atomic E-state index is -0.275. The van der Waals surface area contributed by atoms with Crippen LogP contribution in [0, 0.1) is 5.82 Å². The molecule has 3 aromatic rings. The van der Waals surface area contributed by atoms with Crippen LogP contribution in [0.2, 0.25) is 0 Å². The van der Waals surface area contributed by atoms with E-state index in [4.69, 9.17) is 15.5 Å². The maximum Gasteiger partial charge on any atom is 0.166 e. The van der Waals surface area contributed by atoms with Gasteiger partial charge in [-0.15, -0.1) is 0 Å². The molecule has 0 spiro atoms. The zero-order valence-electron chi connectivity index (χ0n) is 14.0. The number of ether oxygens (including phenoxy) is 1. The van der Waals surface area contributed by atoms with Crippen molar-refractivity contribution < 1.29 is 9.13 Å². The van der Waals surface area contributed by atoms with Crippen LogP contribution < -0.4 is 10.5 Å². The number of H-pyrrole nitrogens is 1. The second-order valence-corrected chi connectivity index (χ2v) is 5.87. The van der Waals surface area contributed by atoms with Crippen molar-refractivity contribution in [2.75, 3.05) is 12.8 Å². The molecule has 2 aromatic heterocycles. The lowest BCUT2D eigenvalue weighted by atomic mass is 9.97. The zero-order chi connectivity index (χ0) is 18.1. The van der Waals surface area contributed by atoms with Gasteiger partial charge in [-0.25, -0.2) is 9.37 Å². The Labute approximate surface area is 149 Å². The Balaban J connectivity index is 1.79. The number of nitrogen functional groups attached to an aromatic ring is 1. The van der Waals surface area contributed by atoms with Gasteiger partial charge in [0, 0.05) is 29.9 Å². The van der Waals surface area contributed by atoms with Gasteiger partial charge in [-0.1, -0.05) is 12.1 Å². The molecule has 130 valence electrons. The monoisotopic (exact) mass is 349 g/mol. The molecule has 0 fully saturated rings. The van der Waals surface area contributed by atoms with Gasteiger partial charge in [0.25, 0.3) is 0 Å². The van der Waals surface area contributed by atoms with Crippen LogP contribution in [0.15, 0.2) is 53.9 Å². The Morgan fingerprint density at radius 1 is 1.12 bits per heavy atom. The lowest BCUT2D eigenvalue weighted by Gasteiger charge is -2.09. The van der Waals surface area contributed by atoms with Crippen LogP contribution in [0.1, 0.15) is 23.1 Å². The summed E-state index contributed by atoms with van der Waals surface area (Å²) in [7, 11) is 1.55. The Kier molecular flexibility index (Phi) is 3.96. The number of allylic oxidation sites excluding steroid dienone is 1. The van der Waals surface area contributed by atoms with Crippen LogP contribution in [0.5, 0.6) is 5.75 Å². The topological polar surface area (TPSA) is 89.2 Å². The number of nitrogens with one attached hydrogen (secondary N) is 1. The number of nitrogens with zero attached hydrogens (tertiary/aromatic N) is 3. The number of pyridine rings is 1. The van der Waals surface area contributed by atoms with E-state index in [0.717, 1.165) is 33.7 Å². The van der Waals surface area contributed by atoms with E-state index in [0.29, 0.717) is 18.0 Å². The third-order valence-corrected chi connectivity index (χ3v) is 4.28. The summed E-state index contributed by atoms with van der Waals surface area (Å²) in [6.07, 6.45) is 5.79. The number of hydrogen-bond acceptors (Lipinski definition) is 5. The van der Waals surface area contributed by atoms with Crippen molar-refractivity contribution in [3.8, 4) is 5.75 Å². The van der Waals surface area contributed by atoms with Crippen LogP contribution >= 0.6 is 0 Å². The van der Waals surface area contributed by atoms with Crippen LogP contribution in [-0.2, 0) is 0 Å². The molecule has 0 atom stereocenters. The Bertz CT molecular complexity index is 1010. The third-order valence-electron chi connectivity index (χ3n) is 4.28. The van der Waals surface area contributed by atoms with Crippen molar-refractivity contribution >= 4 is 22.8 Å². The highest BCUT2D eigenvalue weighted by Gasteiger charge is 2.23. The van der Waals surface area contributed by atoms with Gasteiger partial charge in [0.1, 0.15) is 5.82 Å². The van der Waals surface area contributed by atoms with E-state index in [9.17, 15) is 4.39 Å². The second kappa shape index (κ2) is 6.44. The number of rotatable bonds is 4. The summed E-state index contributed by atoms with van der Waals surface area (Å²) < 4.78 is 18.5. The maximum atomic E-state index is 13.2. The number of aromatic nitrogens is 3. The molecular formula is C19H16FN5O. The first kappa shape index (κ1) is 16.0. The third kappa shape index (κ3) is 2.83. The molecule has 0 aliphatic carbocycles. The summed E-state index contributed by atoms with van der Waals surface area (Å²) in [5.74, 6) is 0.569. The molecule has 3 heterocycles. The van der Waals surface area contributed by atoms with Crippen LogP contribution in [-0.4, -0.2) is 28.0 Å². The maximum absolute atomic E-state index is 13.2. The molecule has 0 saturated heterocycles. The van der Waals surface area contributed by atoms with E-state index in [2.05, 4.69) is 15.2 Å². The summed E-state index contributed by atoms with van der Waals surface area (Å²) in [6.45, 7) is 0. The van der Waals surface area contributed by atoms with Gasteiger partial charge in [0.2, 0.25) is 0 Å². The molecule has 0 saturated carbocycles. The molecule has 0 amide bonds. The zero-order valence-corrected chi connectivity index (χ0v) is 14.0. The summed E-state index contributed by atoms with van der Waals surface area (Å²) in [5.41, 5.74) is 11.1. The van der Waals surface area contributed by atoms with Crippen LogP contribution in [0.3, 0.4) is 0 Å². The summed E-state index contributed by atoms with van der Waals surface area (Å²) in [6, 6.07) is 8.17. The molecule has 1 aromatic carbocycles. The van der Waals surface area contributed by atoms with Crippen molar-refractivity contribution in [1.29, 1.82) is 0 Å². The fourth-order valence-electron chi connectivity index (χ4n) is 2.94. The Hall–Kier alpha value is -3.48. The number of hydrogen-bond donors (Lipinski definition) is 2. The van der Waals surface area contributed by atoms with Crippen molar-refractivity contribution in [2.45, 2.75) is 6.42 Å². The summed E-state index contributed by atoms with van der Waals surface area (Å²) in [5, 5.41) is 6.82. The number of benzene rings is 1. The molecule has 0 bridgehead atoms. The van der Waals surface area contributed by atoms with Crippen LogP contribution in [0.4, 0.5) is 10.2 Å². The van der Waals surface area contributed by atoms with E-state index >= 15 is 0 Å². The SMILES string of the molecule is COc1cc(C2=C(c3cn[nH]c3)N=C(c3ccc(F)cc3)C2)cnc1N. The van der Waals surface area contributed by atoms with Gasteiger partial charge >= 0.3 is 0 Å². The number of methoxy groups -OCH3 is 1. The van der Waals surface area contributed by atoms with Crippen molar-refractivity contribution in [1.82, 2.24) is 15.2 Å². The standard InChI is InChI=1S/C19H16FN5O/c1-26-17-6-12(8-22-19(17)21)15-7-16(11-2-4-14(20)5-3-11)25-18(15)13-9-23-24-10-13/h2-6,8-10H,7H2,1H3,(H2,21,22)(H,23,24). The predicted molar refractivity (Wildman–Crippen MR) is 98.2 cm³/mol. The number of halogens is 1. The first-order valence-corrected chi connectivity index (χ1v) is 8.01. The first-order valence-electron chi connectivity index (χ1n) is 8.01. The Morgan fingerprint density at radius 2 is 1.92 bits per heavy atom. The predicted octanol–water partition coefficient (Wildman–Crippen LogP) is 3.30. The molecule has 6 nitrogen and oxygen atoms in total. The molecule has 0 radical (unpaired) electrons. The molecule has 1 aliphatic rings. The quantitative estimate of drug-likeness (QED) is 0.756. The lowest BCUT2D eigenvalue weighted by molar-refractivity contribution is 0.415. The summed E-state index contributed by atoms with van der Waals surface area (Å²) >= 11 is 0. The fourth-order valence-corrected chi connectivity index (χ4v) is 2.94.